The van der Waals surface area contributed by atoms with Crippen LogP contribution in [0.5, 0.6) is 5.75 Å². The normalized spacial score (nSPS) is 19.4. The Kier molecular flexibility index (Phi) is 4.37. The van der Waals surface area contributed by atoms with E-state index in [2.05, 4.69) is 15.8 Å². The molecule has 2 aromatic rings. The maximum Gasteiger partial charge on any atom is 0.325 e. The molecule has 1 fully saturated rings. The number of ether oxygens (including phenoxy) is 1. The van der Waals surface area contributed by atoms with Crippen LogP contribution in [0.15, 0.2) is 34.9 Å². The van der Waals surface area contributed by atoms with E-state index >= 15 is 0 Å². The van der Waals surface area contributed by atoms with Gasteiger partial charge in [-0.1, -0.05) is 17.3 Å². The second-order valence-electron chi connectivity index (χ2n) is 6.05. The summed E-state index contributed by atoms with van der Waals surface area (Å²) < 4.78 is 9.95. The van der Waals surface area contributed by atoms with E-state index in [1.54, 1.807) is 38.1 Å². The molecule has 1 aromatic carbocycles. The predicted molar refractivity (Wildman–Crippen MR) is 90.5 cm³/mol. The number of imide groups is 1. The van der Waals surface area contributed by atoms with Crippen LogP contribution in [0, 0.1) is 6.92 Å². The fourth-order valence-corrected chi connectivity index (χ4v) is 2.71. The number of aromatic nitrogens is 1. The van der Waals surface area contributed by atoms with Gasteiger partial charge in [0.2, 0.25) is 5.91 Å². The third-order valence-electron chi connectivity index (χ3n) is 4.14. The molecule has 2 heterocycles. The molecule has 9 nitrogen and oxygen atoms in total. The Morgan fingerprint density at radius 3 is 2.62 bits per heavy atom. The molecule has 0 saturated carbocycles. The number of methoxy groups -OCH3 is 1. The minimum absolute atomic E-state index is 0.220. The van der Waals surface area contributed by atoms with Gasteiger partial charge in [-0.3, -0.25) is 14.5 Å². The molecule has 136 valence electrons. The first-order valence-electron chi connectivity index (χ1n) is 7.85. The quantitative estimate of drug-likeness (QED) is 0.781. The Morgan fingerprint density at radius 2 is 2.04 bits per heavy atom. The van der Waals surface area contributed by atoms with Crippen molar-refractivity contribution >= 4 is 23.7 Å². The summed E-state index contributed by atoms with van der Waals surface area (Å²) in [6.45, 7) is 2.84. The van der Waals surface area contributed by atoms with Crippen molar-refractivity contribution in [1.29, 1.82) is 0 Å². The Morgan fingerprint density at radius 1 is 1.35 bits per heavy atom. The number of hydrogen-bond donors (Lipinski definition) is 2. The lowest BCUT2D eigenvalue weighted by Crippen LogP contribution is -2.42. The molecule has 1 aromatic heterocycles. The molecule has 0 unspecified atom stereocenters. The topological polar surface area (TPSA) is 114 Å². The molecule has 1 aliphatic rings. The molecule has 26 heavy (non-hydrogen) atoms. The van der Waals surface area contributed by atoms with Crippen molar-refractivity contribution in [2.75, 3.05) is 19.0 Å². The summed E-state index contributed by atoms with van der Waals surface area (Å²) in [7, 11) is 1.54. The van der Waals surface area contributed by atoms with E-state index in [1.807, 2.05) is 0 Å². The Labute approximate surface area is 149 Å². The zero-order valence-electron chi connectivity index (χ0n) is 14.5. The monoisotopic (exact) mass is 358 g/mol. The van der Waals surface area contributed by atoms with E-state index in [0.29, 0.717) is 17.1 Å². The third-order valence-corrected chi connectivity index (χ3v) is 4.14. The van der Waals surface area contributed by atoms with E-state index in [-0.39, 0.29) is 5.82 Å². The number of nitrogens with zero attached hydrogens (tertiary/aromatic N) is 2. The highest BCUT2D eigenvalue weighted by Crippen LogP contribution is 2.29. The Bertz CT molecular complexity index is 860. The van der Waals surface area contributed by atoms with E-state index in [0.717, 1.165) is 4.90 Å². The molecule has 0 aliphatic carbocycles. The van der Waals surface area contributed by atoms with Crippen LogP contribution in [0.25, 0.3) is 0 Å². The van der Waals surface area contributed by atoms with E-state index in [4.69, 9.17) is 9.26 Å². The number of carbonyl (C=O) groups excluding carboxylic acids is 3. The van der Waals surface area contributed by atoms with Gasteiger partial charge in [-0.25, -0.2) is 4.79 Å². The molecular formula is C17H18N4O5. The van der Waals surface area contributed by atoms with Crippen molar-refractivity contribution in [3.63, 3.8) is 0 Å². The van der Waals surface area contributed by atoms with Crippen molar-refractivity contribution < 1.29 is 23.6 Å². The lowest BCUT2D eigenvalue weighted by molar-refractivity contribution is -0.133. The van der Waals surface area contributed by atoms with E-state index in [1.165, 1.54) is 13.2 Å². The lowest BCUT2D eigenvalue weighted by Gasteiger charge is -2.22. The smallest absolute Gasteiger partial charge is 0.325 e. The summed E-state index contributed by atoms with van der Waals surface area (Å²) >= 11 is 0. The average molecular weight is 358 g/mol. The summed E-state index contributed by atoms with van der Waals surface area (Å²) in [6, 6.07) is 7.67. The number of aryl methyl sites for hydroxylation is 1. The summed E-state index contributed by atoms with van der Waals surface area (Å²) in [5, 5.41) is 8.76. The molecule has 0 radical (unpaired) electrons. The largest absolute Gasteiger partial charge is 0.497 e. The number of rotatable bonds is 5. The minimum atomic E-state index is -1.26. The van der Waals surface area contributed by atoms with Crippen LogP contribution in [0.4, 0.5) is 10.6 Å². The van der Waals surface area contributed by atoms with Crippen molar-refractivity contribution in [3.8, 4) is 5.75 Å². The minimum Gasteiger partial charge on any atom is -0.497 e. The van der Waals surface area contributed by atoms with Crippen LogP contribution in [0.1, 0.15) is 18.2 Å². The number of amides is 4. The fourth-order valence-electron chi connectivity index (χ4n) is 2.71. The molecule has 1 saturated heterocycles. The van der Waals surface area contributed by atoms with E-state index < -0.39 is 29.9 Å². The number of carbonyl (C=O) groups is 3. The fraction of sp³-hybridized carbons (Fsp3) is 0.294. The number of anilines is 1. The molecule has 1 atom stereocenters. The maximum absolute atomic E-state index is 12.8. The van der Waals surface area contributed by atoms with Crippen LogP contribution in [0.2, 0.25) is 0 Å². The molecule has 3 rings (SSSR count). The number of hydrogen-bond acceptors (Lipinski definition) is 6. The zero-order chi connectivity index (χ0) is 18.9. The number of nitrogens with one attached hydrogen (secondary N) is 2. The van der Waals surface area contributed by atoms with Gasteiger partial charge in [-0.2, -0.15) is 0 Å². The molecular weight excluding hydrogens is 340 g/mol. The molecule has 4 amide bonds. The zero-order valence-corrected chi connectivity index (χ0v) is 14.5. The summed E-state index contributed by atoms with van der Waals surface area (Å²) in [4.78, 5) is 38.0. The van der Waals surface area contributed by atoms with Crippen LogP contribution >= 0.6 is 0 Å². The third kappa shape index (κ3) is 3.10. The number of benzene rings is 1. The van der Waals surface area contributed by atoms with Gasteiger partial charge in [0.1, 0.15) is 23.6 Å². The average Bonchev–Trinajstić information content (AvgIpc) is 3.11. The Balaban J connectivity index is 1.74. The van der Waals surface area contributed by atoms with Gasteiger partial charge in [0.05, 0.1) is 7.11 Å². The van der Waals surface area contributed by atoms with Gasteiger partial charge < -0.3 is 19.9 Å². The highest BCUT2D eigenvalue weighted by Gasteiger charge is 2.49. The molecule has 0 spiro atoms. The first kappa shape index (κ1) is 17.5. The van der Waals surface area contributed by atoms with Crippen LogP contribution < -0.4 is 15.4 Å². The van der Waals surface area contributed by atoms with Crippen molar-refractivity contribution in [2.24, 2.45) is 0 Å². The van der Waals surface area contributed by atoms with Crippen molar-refractivity contribution in [2.45, 2.75) is 19.4 Å². The van der Waals surface area contributed by atoms with E-state index in [9.17, 15) is 14.4 Å². The van der Waals surface area contributed by atoms with Gasteiger partial charge in [0.25, 0.3) is 5.91 Å². The van der Waals surface area contributed by atoms with Gasteiger partial charge in [-0.15, -0.1) is 0 Å². The van der Waals surface area contributed by atoms with Crippen LogP contribution in [0.3, 0.4) is 0 Å². The molecule has 2 N–H and O–H groups in total. The van der Waals surface area contributed by atoms with Crippen LogP contribution in [-0.2, 0) is 15.1 Å². The Hall–Kier alpha value is -3.36. The first-order valence-corrected chi connectivity index (χ1v) is 7.85. The van der Waals surface area contributed by atoms with Gasteiger partial charge in [0, 0.05) is 6.07 Å². The highest BCUT2D eigenvalue weighted by molar-refractivity contribution is 6.10. The highest BCUT2D eigenvalue weighted by atomic mass is 16.5. The standard InChI is InChI=1S/C17H18N4O5/c1-10-8-13(20-26-10)18-14(22)9-21-15(23)17(2,19-16(21)24)11-4-6-12(25-3)7-5-11/h4-8H,9H2,1-3H3,(H,19,24)(H,18,20,22)/t17-/m0/s1. The first-order chi connectivity index (χ1) is 12.3. The molecule has 0 bridgehead atoms. The van der Waals surface area contributed by atoms with Gasteiger partial charge >= 0.3 is 6.03 Å². The SMILES string of the molecule is COc1ccc([C@]2(C)NC(=O)N(CC(=O)Nc3cc(C)on3)C2=O)cc1. The van der Waals surface area contributed by atoms with Gasteiger partial charge in [-0.05, 0) is 31.5 Å². The second kappa shape index (κ2) is 6.51. The summed E-state index contributed by atoms with van der Waals surface area (Å²) in [5.41, 5.74) is -0.666. The summed E-state index contributed by atoms with van der Waals surface area (Å²) in [6.07, 6.45) is 0. The maximum atomic E-state index is 12.8. The number of urea groups is 1. The molecule has 9 heteroatoms. The van der Waals surface area contributed by atoms with Crippen molar-refractivity contribution in [3.05, 3.63) is 41.7 Å². The predicted octanol–water partition coefficient (Wildman–Crippen LogP) is 1.40. The second-order valence-corrected chi connectivity index (χ2v) is 6.05. The lowest BCUT2D eigenvalue weighted by atomic mass is 9.92. The van der Waals surface area contributed by atoms with Crippen molar-refractivity contribution in [1.82, 2.24) is 15.4 Å². The summed E-state index contributed by atoms with van der Waals surface area (Å²) in [5.74, 6) is 0.313. The molecule has 1 aliphatic heterocycles. The van der Waals surface area contributed by atoms with Gasteiger partial charge in [0.15, 0.2) is 5.82 Å². The van der Waals surface area contributed by atoms with Crippen LogP contribution in [-0.4, -0.2) is 41.6 Å².